The van der Waals surface area contributed by atoms with Crippen LogP contribution in [0.25, 0.3) is 0 Å². The first-order chi connectivity index (χ1) is 8.69. The van der Waals surface area contributed by atoms with Gasteiger partial charge in [-0.25, -0.2) is 0 Å². The topological polar surface area (TPSA) is 34.4 Å². The zero-order valence-corrected chi connectivity index (χ0v) is 11.1. The Hall–Kier alpha value is -1.74. The van der Waals surface area contributed by atoms with E-state index < -0.39 is 0 Å². The Labute approximate surface area is 108 Å². The largest absolute Gasteiger partial charge is 0.465 e. The minimum Gasteiger partial charge on any atom is -0.465 e. The van der Waals surface area contributed by atoms with Gasteiger partial charge < -0.3 is 14.5 Å². The number of nitrogens with one attached hydrogen (secondary N) is 1. The SMILES string of the molecule is CO[C@H](C)c1cccc(NCc2ccc(C)o2)c1. The Morgan fingerprint density at radius 2 is 2.11 bits per heavy atom. The van der Waals surface area contributed by atoms with E-state index in [0.29, 0.717) is 6.54 Å². The molecular formula is C15H19NO2. The molecule has 1 atom stereocenters. The van der Waals surface area contributed by atoms with Gasteiger partial charge in [-0.05, 0) is 43.7 Å². The number of benzene rings is 1. The van der Waals surface area contributed by atoms with Crippen molar-refractivity contribution in [1.29, 1.82) is 0 Å². The lowest BCUT2D eigenvalue weighted by atomic mass is 10.1. The summed E-state index contributed by atoms with van der Waals surface area (Å²) in [5, 5.41) is 3.34. The van der Waals surface area contributed by atoms with Gasteiger partial charge in [-0.1, -0.05) is 12.1 Å². The number of hydrogen-bond donors (Lipinski definition) is 1. The molecule has 3 nitrogen and oxygen atoms in total. The quantitative estimate of drug-likeness (QED) is 0.867. The van der Waals surface area contributed by atoms with Gasteiger partial charge in [-0.2, -0.15) is 0 Å². The average Bonchev–Trinajstić information content (AvgIpc) is 2.81. The summed E-state index contributed by atoms with van der Waals surface area (Å²) in [5.74, 6) is 1.88. The molecule has 2 rings (SSSR count). The highest BCUT2D eigenvalue weighted by Gasteiger charge is 2.04. The van der Waals surface area contributed by atoms with Crippen molar-refractivity contribution in [3.63, 3.8) is 0 Å². The molecule has 3 heteroatoms. The zero-order valence-electron chi connectivity index (χ0n) is 11.1. The molecule has 0 fully saturated rings. The summed E-state index contributed by atoms with van der Waals surface area (Å²) in [6, 6.07) is 12.2. The molecule has 0 aliphatic carbocycles. The fraction of sp³-hybridized carbons (Fsp3) is 0.333. The van der Waals surface area contributed by atoms with Crippen molar-refractivity contribution in [2.24, 2.45) is 0 Å². The van der Waals surface area contributed by atoms with E-state index in [1.54, 1.807) is 7.11 Å². The summed E-state index contributed by atoms with van der Waals surface area (Å²) in [6.45, 7) is 4.68. The number of methoxy groups -OCH3 is 1. The highest BCUT2D eigenvalue weighted by Crippen LogP contribution is 2.20. The molecule has 0 bridgehead atoms. The molecule has 0 aliphatic rings. The Kier molecular flexibility index (Phi) is 4.05. The van der Waals surface area contributed by atoms with Crippen molar-refractivity contribution in [3.05, 3.63) is 53.5 Å². The number of ether oxygens (including phenoxy) is 1. The van der Waals surface area contributed by atoms with Crippen LogP contribution in [0.5, 0.6) is 0 Å². The molecule has 1 heterocycles. The van der Waals surface area contributed by atoms with Gasteiger partial charge in [0.1, 0.15) is 11.5 Å². The number of rotatable bonds is 5. The average molecular weight is 245 g/mol. The standard InChI is InChI=1S/C15H19NO2/c1-11-7-8-15(18-11)10-16-14-6-4-5-13(9-14)12(2)17-3/h4-9,12,16H,10H2,1-3H3/t12-/m1/s1. The molecule has 96 valence electrons. The fourth-order valence-electron chi connectivity index (χ4n) is 1.81. The molecule has 0 saturated heterocycles. The van der Waals surface area contributed by atoms with Crippen molar-refractivity contribution in [2.75, 3.05) is 12.4 Å². The van der Waals surface area contributed by atoms with Crippen LogP contribution in [0.3, 0.4) is 0 Å². The maximum Gasteiger partial charge on any atom is 0.123 e. The normalized spacial score (nSPS) is 12.4. The maximum atomic E-state index is 5.52. The van der Waals surface area contributed by atoms with E-state index in [9.17, 15) is 0 Å². The predicted molar refractivity (Wildman–Crippen MR) is 72.6 cm³/mol. The van der Waals surface area contributed by atoms with Crippen LogP contribution in [0.2, 0.25) is 0 Å². The van der Waals surface area contributed by atoms with E-state index in [-0.39, 0.29) is 6.10 Å². The lowest BCUT2D eigenvalue weighted by Gasteiger charge is -2.12. The molecule has 0 radical (unpaired) electrons. The lowest BCUT2D eigenvalue weighted by molar-refractivity contribution is 0.119. The lowest BCUT2D eigenvalue weighted by Crippen LogP contribution is -2.00. The molecule has 18 heavy (non-hydrogen) atoms. The van der Waals surface area contributed by atoms with E-state index in [4.69, 9.17) is 9.15 Å². The van der Waals surface area contributed by atoms with Gasteiger partial charge in [0.15, 0.2) is 0 Å². The van der Waals surface area contributed by atoms with E-state index >= 15 is 0 Å². The number of anilines is 1. The highest BCUT2D eigenvalue weighted by atomic mass is 16.5. The van der Waals surface area contributed by atoms with Gasteiger partial charge in [0.2, 0.25) is 0 Å². The molecule has 0 aliphatic heterocycles. The molecule has 0 saturated carbocycles. The second-order valence-corrected chi connectivity index (χ2v) is 4.37. The summed E-state index contributed by atoms with van der Waals surface area (Å²) in [5.41, 5.74) is 2.24. The van der Waals surface area contributed by atoms with E-state index in [0.717, 1.165) is 22.8 Å². The maximum absolute atomic E-state index is 5.52. The Morgan fingerprint density at radius 3 is 2.78 bits per heavy atom. The molecule has 0 unspecified atom stereocenters. The summed E-state index contributed by atoms with van der Waals surface area (Å²) in [7, 11) is 1.72. The Morgan fingerprint density at radius 1 is 1.28 bits per heavy atom. The van der Waals surface area contributed by atoms with Gasteiger partial charge in [-0.15, -0.1) is 0 Å². The van der Waals surface area contributed by atoms with Gasteiger partial charge in [0.05, 0.1) is 12.6 Å². The predicted octanol–water partition coefficient (Wildman–Crippen LogP) is 3.91. The van der Waals surface area contributed by atoms with Gasteiger partial charge in [-0.3, -0.25) is 0 Å². The molecule has 0 spiro atoms. The zero-order chi connectivity index (χ0) is 13.0. The molecule has 0 amide bonds. The molecule has 1 aromatic carbocycles. The number of aryl methyl sites for hydroxylation is 1. The van der Waals surface area contributed by atoms with E-state index in [1.807, 2.05) is 38.1 Å². The van der Waals surface area contributed by atoms with Gasteiger partial charge in [0.25, 0.3) is 0 Å². The first-order valence-electron chi connectivity index (χ1n) is 6.11. The van der Waals surface area contributed by atoms with Crippen LogP contribution < -0.4 is 5.32 Å². The van der Waals surface area contributed by atoms with Crippen molar-refractivity contribution >= 4 is 5.69 Å². The highest BCUT2D eigenvalue weighted by molar-refractivity contribution is 5.46. The van der Waals surface area contributed by atoms with Gasteiger partial charge >= 0.3 is 0 Å². The van der Waals surface area contributed by atoms with Crippen LogP contribution in [-0.2, 0) is 11.3 Å². The van der Waals surface area contributed by atoms with Crippen molar-refractivity contribution < 1.29 is 9.15 Å². The molecule has 1 aromatic heterocycles. The number of hydrogen-bond acceptors (Lipinski definition) is 3. The smallest absolute Gasteiger partial charge is 0.123 e. The second kappa shape index (κ2) is 5.74. The Balaban J connectivity index is 2.01. The van der Waals surface area contributed by atoms with Crippen molar-refractivity contribution in [1.82, 2.24) is 0 Å². The van der Waals surface area contributed by atoms with E-state index in [2.05, 4.69) is 17.4 Å². The summed E-state index contributed by atoms with van der Waals surface area (Å²) in [4.78, 5) is 0. The first-order valence-corrected chi connectivity index (χ1v) is 6.11. The second-order valence-electron chi connectivity index (χ2n) is 4.37. The van der Waals surface area contributed by atoms with Crippen molar-refractivity contribution in [3.8, 4) is 0 Å². The third-order valence-electron chi connectivity index (χ3n) is 2.97. The van der Waals surface area contributed by atoms with Crippen LogP contribution in [0.4, 0.5) is 5.69 Å². The van der Waals surface area contributed by atoms with Crippen LogP contribution in [0.1, 0.15) is 30.1 Å². The summed E-state index contributed by atoms with van der Waals surface area (Å²) < 4.78 is 10.8. The Bertz CT molecular complexity index is 505. The minimum atomic E-state index is 0.109. The summed E-state index contributed by atoms with van der Waals surface area (Å²) >= 11 is 0. The monoisotopic (exact) mass is 245 g/mol. The molecule has 2 aromatic rings. The van der Waals surface area contributed by atoms with Crippen LogP contribution in [0.15, 0.2) is 40.8 Å². The molecular weight excluding hydrogens is 226 g/mol. The fourth-order valence-corrected chi connectivity index (χ4v) is 1.81. The molecule has 1 N–H and O–H groups in total. The van der Waals surface area contributed by atoms with Crippen LogP contribution in [-0.4, -0.2) is 7.11 Å². The first kappa shape index (κ1) is 12.7. The van der Waals surface area contributed by atoms with Crippen LogP contribution in [0, 0.1) is 6.92 Å². The number of furan rings is 1. The van der Waals surface area contributed by atoms with Crippen LogP contribution >= 0.6 is 0 Å². The summed E-state index contributed by atoms with van der Waals surface area (Å²) in [6.07, 6.45) is 0.109. The third kappa shape index (κ3) is 3.14. The van der Waals surface area contributed by atoms with E-state index in [1.165, 1.54) is 0 Å². The minimum absolute atomic E-state index is 0.109. The van der Waals surface area contributed by atoms with Crippen molar-refractivity contribution in [2.45, 2.75) is 26.5 Å². The van der Waals surface area contributed by atoms with Gasteiger partial charge in [0, 0.05) is 12.8 Å². The third-order valence-corrected chi connectivity index (χ3v) is 2.97.